The molecule has 9 nitrogen and oxygen atoms in total. The minimum absolute atomic E-state index is 0.101. The monoisotopic (exact) mass is 620 g/mol. The zero-order chi connectivity index (χ0) is 31.1. The van der Waals surface area contributed by atoms with Gasteiger partial charge in [0.2, 0.25) is 5.91 Å². The van der Waals surface area contributed by atoms with Crippen molar-refractivity contribution in [3.63, 3.8) is 0 Å². The first-order valence-electron chi connectivity index (χ1n) is 15.0. The molecule has 42 heavy (non-hydrogen) atoms. The smallest absolute Gasteiger partial charge is 0.303 e. The Hall–Kier alpha value is -2.63. The van der Waals surface area contributed by atoms with Crippen molar-refractivity contribution >= 4 is 40.1 Å². The van der Waals surface area contributed by atoms with Crippen LogP contribution in [0.2, 0.25) is 0 Å². The van der Waals surface area contributed by atoms with E-state index in [1.165, 1.54) is 18.3 Å². The number of aromatic nitrogens is 1. The van der Waals surface area contributed by atoms with Crippen LogP contribution in [0.1, 0.15) is 113 Å². The summed E-state index contributed by atoms with van der Waals surface area (Å²) in [6.45, 7) is 11.1. The highest BCUT2D eigenvalue weighted by atomic mass is 32.2. The lowest BCUT2D eigenvalue weighted by Gasteiger charge is -2.36. The fraction of sp³-hybridized carbons (Fsp3) is 0.613. The number of benzene rings is 1. The first-order valence-corrected chi connectivity index (χ1v) is 17.0. The fourth-order valence-corrected chi connectivity index (χ4v) is 6.32. The van der Waals surface area contributed by atoms with E-state index in [-0.39, 0.29) is 23.6 Å². The number of rotatable bonds is 19. The molecule has 0 aliphatic rings. The topological polar surface area (TPSA) is 118 Å². The van der Waals surface area contributed by atoms with Gasteiger partial charge in [-0.1, -0.05) is 65.5 Å². The average molecular weight is 621 g/mol. The quantitative estimate of drug-likeness (QED) is 0.148. The maximum absolute atomic E-state index is 13.3. The van der Waals surface area contributed by atoms with Gasteiger partial charge in [0, 0.05) is 44.3 Å². The van der Waals surface area contributed by atoms with E-state index < -0.39 is 29.0 Å². The Morgan fingerprint density at radius 1 is 1.05 bits per heavy atom. The predicted molar refractivity (Wildman–Crippen MR) is 168 cm³/mol. The van der Waals surface area contributed by atoms with Crippen molar-refractivity contribution < 1.29 is 23.3 Å². The molecule has 3 unspecified atom stereocenters. The molecule has 1 heterocycles. The average Bonchev–Trinajstić information content (AvgIpc) is 3.45. The number of hydrogen-bond donors (Lipinski definition) is 2. The summed E-state index contributed by atoms with van der Waals surface area (Å²) in [5.41, 5.74) is 1.14. The third kappa shape index (κ3) is 11.6. The molecule has 3 atom stereocenters. The summed E-state index contributed by atoms with van der Waals surface area (Å²) in [7, 11) is 0.0918. The Labute approximate surface area is 257 Å². The van der Waals surface area contributed by atoms with Gasteiger partial charge in [-0.05, 0) is 43.5 Å². The number of hydrogen-bond acceptors (Lipinski definition) is 8. The van der Waals surface area contributed by atoms with Gasteiger partial charge in [-0.15, -0.1) is 11.3 Å². The SMILES string of the molecule is CCCCCCN(C(=O)CCCC)C(CC(OC(C)=O)c1nc(C(=O)NS(=O)c2ccc(CNC)cc2)cs1)C(C)C. The number of ether oxygens (including phenoxy) is 1. The molecule has 2 amide bonds. The number of carbonyl (C=O) groups is 3. The molecule has 0 bridgehead atoms. The number of unbranched alkanes of at least 4 members (excludes halogenated alkanes) is 4. The highest BCUT2D eigenvalue weighted by molar-refractivity contribution is 7.83. The molecule has 0 aliphatic heterocycles. The van der Waals surface area contributed by atoms with Crippen LogP contribution in [0.15, 0.2) is 34.5 Å². The van der Waals surface area contributed by atoms with Gasteiger partial charge >= 0.3 is 5.97 Å². The van der Waals surface area contributed by atoms with Gasteiger partial charge < -0.3 is 15.0 Å². The van der Waals surface area contributed by atoms with E-state index in [0.29, 0.717) is 35.8 Å². The summed E-state index contributed by atoms with van der Waals surface area (Å²) < 4.78 is 21.0. The molecular formula is C31H48N4O5S2. The lowest BCUT2D eigenvalue weighted by Crippen LogP contribution is -2.45. The first-order chi connectivity index (χ1) is 20.1. The summed E-state index contributed by atoms with van der Waals surface area (Å²) in [4.78, 5) is 45.3. The maximum atomic E-state index is 13.3. The second-order valence-corrected chi connectivity index (χ2v) is 12.9. The van der Waals surface area contributed by atoms with Crippen molar-refractivity contribution in [1.29, 1.82) is 0 Å². The predicted octanol–water partition coefficient (Wildman–Crippen LogP) is 5.93. The molecule has 1 aromatic heterocycles. The van der Waals surface area contributed by atoms with Gasteiger partial charge in [-0.2, -0.15) is 0 Å². The summed E-state index contributed by atoms with van der Waals surface area (Å²) >= 11 is 1.21. The van der Waals surface area contributed by atoms with Crippen LogP contribution in [0.3, 0.4) is 0 Å². The third-order valence-corrected chi connectivity index (χ3v) is 8.99. The minimum Gasteiger partial charge on any atom is -0.455 e. The summed E-state index contributed by atoms with van der Waals surface area (Å²) in [5.74, 6) is -0.804. The number of nitrogens with zero attached hydrogens (tertiary/aromatic N) is 2. The van der Waals surface area contributed by atoms with Gasteiger partial charge in [-0.3, -0.25) is 19.1 Å². The Bertz CT molecular complexity index is 1150. The summed E-state index contributed by atoms with van der Waals surface area (Å²) in [6, 6.07) is 6.97. The van der Waals surface area contributed by atoms with Gasteiger partial charge in [0.1, 0.15) is 10.7 Å². The second kappa shape index (κ2) is 18.8. The molecule has 2 rings (SSSR count). The van der Waals surface area contributed by atoms with Crippen molar-refractivity contribution in [2.45, 2.75) is 110 Å². The third-order valence-electron chi connectivity index (χ3n) is 6.98. The first kappa shape index (κ1) is 35.6. The van der Waals surface area contributed by atoms with E-state index in [1.54, 1.807) is 17.5 Å². The Kier molecular flexibility index (Phi) is 15.9. The van der Waals surface area contributed by atoms with E-state index in [9.17, 15) is 18.6 Å². The van der Waals surface area contributed by atoms with Crippen LogP contribution in [0.5, 0.6) is 0 Å². The molecule has 0 radical (unpaired) electrons. The zero-order valence-corrected chi connectivity index (χ0v) is 27.6. The molecule has 1 aromatic carbocycles. The number of nitrogens with one attached hydrogen (secondary N) is 2. The van der Waals surface area contributed by atoms with Crippen molar-refractivity contribution in [3.05, 3.63) is 45.9 Å². The molecule has 0 saturated heterocycles. The van der Waals surface area contributed by atoms with Crippen LogP contribution < -0.4 is 10.0 Å². The maximum Gasteiger partial charge on any atom is 0.303 e. The van der Waals surface area contributed by atoms with E-state index >= 15 is 0 Å². The van der Waals surface area contributed by atoms with Crippen LogP contribution in [0, 0.1) is 5.92 Å². The van der Waals surface area contributed by atoms with Crippen LogP contribution in [-0.2, 0) is 31.9 Å². The van der Waals surface area contributed by atoms with Gasteiger partial charge in [0.15, 0.2) is 17.1 Å². The summed E-state index contributed by atoms with van der Waals surface area (Å²) in [6.07, 6.45) is 6.12. The minimum atomic E-state index is -1.76. The van der Waals surface area contributed by atoms with Crippen molar-refractivity contribution in [2.24, 2.45) is 5.92 Å². The lowest BCUT2D eigenvalue weighted by molar-refractivity contribution is -0.148. The van der Waals surface area contributed by atoms with E-state index in [0.717, 1.165) is 44.1 Å². The molecule has 0 spiro atoms. The Balaban J connectivity index is 2.23. The molecular weight excluding hydrogens is 572 g/mol. The number of esters is 1. The van der Waals surface area contributed by atoms with Crippen LogP contribution in [-0.4, -0.2) is 51.5 Å². The molecule has 0 fully saturated rings. The lowest BCUT2D eigenvalue weighted by atomic mass is 9.95. The van der Waals surface area contributed by atoms with Crippen LogP contribution >= 0.6 is 11.3 Å². The van der Waals surface area contributed by atoms with E-state index in [4.69, 9.17) is 4.74 Å². The number of thiazole rings is 1. The van der Waals surface area contributed by atoms with Crippen LogP contribution in [0.4, 0.5) is 0 Å². The van der Waals surface area contributed by atoms with E-state index in [2.05, 4.69) is 42.7 Å². The molecule has 234 valence electrons. The van der Waals surface area contributed by atoms with E-state index in [1.807, 2.05) is 24.1 Å². The van der Waals surface area contributed by atoms with Crippen LogP contribution in [0.25, 0.3) is 0 Å². The van der Waals surface area contributed by atoms with Crippen molar-refractivity contribution in [1.82, 2.24) is 19.9 Å². The molecule has 0 saturated carbocycles. The normalized spacial score (nSPS) is 13.4. The van der Waals surface area contributed by atoms with Gasteiger partial charge in [0.25, 0.3) is 5.91 Å². The molecule has 11 heteroatoms. The zero-order valence-electron chi connectivity index (χ0n) is 25.9. The van der Waals surface area contributed by atoms with Gasteiger partial charge in [-0.25, -0.2) is 9.19 Å². The molecule has 2 aromatic rings. The summed E-state index contributed by atoms with van der Waals surface area (Å²) in [5, 5.41) is 5.10. The second-order valence-electron chi connectivity index (χ2n) is 10.8. The highest BCUT2D eigenvalue weighted by Crippen LogP contribution is 2.31. The number of amides is 2. The van der Waals surface area contributed by atoms with Gasteiger partial charge in [0.05, 0.1) is 4.90 Å². The van der Waals surface area contributed by atoms with Crippen molar-refractivity contribution in [3.8, 4) is 0 Å². The fourth-order valence-electron chi connectivity index (χ4n) is 4.70. The highest BCUT2D eigenvalue weighted by Gasteiger charge is 2.32. The Morgan fingerprint density at radius 3 is 2.33 bits per heavy atom. The molecule has 2 N–H and O–H groups in total. The number of carbonyl (C=O) groups excluding carboxylic acids is 3. The Morgan fingerprint density at radius 2 is 1.74 bits per heavy atom. The molecule has 0 aliphatic carbocycles. The standard InChI is InChI=1S/C31H48N4O5S2/c1-7-9-11-12-18-35(29(37)13-10-8-2)27(22(3)4)19-28(40-23(5)36)31-33-26(21-41-31)30(38)34-42(39)25-16-14-24(15-17-25)20-32-6/h14-17,21-22,27-28,32H,7-13,18-20H2,1-6H3,(H,34,38). The largest absolute Gasteiger partial charge is 0.455 e. The van der Waals surface area contributed by atoms with Crippen molar-refractivity contribution in [2.75, 3.05) is 13.6 Å².